The van der Waals surface area contributed by atoms with Crippen LogP contribution in [0.1, 0.15) is 45.9 Å². The average Bonchev–Trinajstić information content (AvgIpc) is 4.02. The molecule has 57 heavy (non-hydrogen) atoms. The molecule has 1 amide bonds. The fourth-order valence-corrected chi connectivity index (χ4v) is 9.54. The molecule has 1 aliphatic carbocycles. The Balaban J connectivity index is 0.000000431. The van der Waals surface area contributed by atoms with Crippen LogP contribution in [0.4, 0.5) is 33.0 Å². The zero-order valence-electron chi connectivity index (χ0n) is 30.0. The number of nitrogens with two attached hydrogens (primary N) is 6. The Morgan fingerprint density at radius 2 is 1.49 bits per heavy atom. The van der Waals surface area contributed by atoms with Crippen molar-refractivity contribution in [1.29, 1.82) is 5.26 Å². The number of amides is 1. The summed E-state index contributed by atoms with van der Waals surface area (Å²) in [6.07, 6.45) is 5.81. The normalized spacial score (nSPS) is 13.6. The van der Waals surface area contributed by atoms with Gasteiger partial charge >= 0.3 is 29.6 Å². The molecule has 0 saturated heterocycles. The number of nitrogens with zero attached hydrogens (tertiary/aromatic N) is 5. The van der Waals surface area contributed by atoms with Crippen LogP contribution in [0.15, 0.2) is 52.0 Å². The van der Waals surface area contributed by atoms with E-state index in [9.17, 15) is 4.79 Å². The molecule has 300 valence electrons. The maximum Gasteiger partial charge on any atom is 1.00 e. The number of nitrogen functional groups attached to an aromatic ring is 3. The molecule has 0 radical (unpaired) electrons. The molecule has 7 aromatic heterocycles. The number of nitriles is 1. The van der Waals surface area contributed by atoms with Gasteiger partial charge < -0.3 is 50.5 Å². The molecule has 17 nitrogen and oxygen atoms in total. The Morgan fingerprint density at radius 1 is 0.895 bits per heavy atom. The van der Waals surface area contributed by atoms with Gasteiger partial charge in [-0.2, -0.15) is 27.5 Å². The van der Waals surface area contributed by atoms with E-state index in [1.807, 2.05) is 34.3 Å². The molecular weight excluding hydrogens is 898 g/mol. The molecule has 26 heteroatoms. The number of hydrogen-bond acceptors (Lipinski definition) is 22. The molecule has 0 bridgehead atoms. The number of carbonyl (C=O) groups excluding carboxylic acids is 1. The van der Waals surface area contributed by atoms with Crippen molar-refractivity contribution in [3.63, 3.8) is 0 Å². The summed E-state index contributed by atoms with van der Waals surface area (Å²) in [6, 6.07) is 9.65. The Labute approximate surface area is 385 Å². The van der Waals surface area contributed by atoms with Crippen LogP contribution in [0.2, 0.25) is 0 Å². The number of thiocarbonyl (C=S) groups is 1. The summed E-state index contributed by atoms with van der Waals surface area (Å²) in [4.78, 5) is 22.3. The number of thiophene rings is 4. The zero-order valence-corrected chi connectivity index (χ0v) is 38.7. The van der Waals surface area contributed by atoms with Gasteiger partial charge in [0.2, 0.25) is 0 Å². The van der Waals surface area contributed by atoms with Crippen molar-refractivity contribution in [2.45, 2.75) is 37.8 Å². The van der Waals surface area contributed by atoms with Crippen LogP contribution < -0.4 is 74.6 Å². The van der Waals surface area contributed by atoms with E-state index in [-0.39, 0.29) is 66.3 Å². The van der Waals surface area contributed by atoms with E-state index in [4.69, 9.17) is 62.4 Å². The first kappa shape index (κ1) is 51.7. The second-order valence-corrected chi connectivity index (χ2v) is 16.5. The number of rotatable bonds is 6. The van der Waals surface area contributed by atoms with Crippen molar-refractivity contribution in [3.05, 3.63) is 67.4 Å². The minimum atomic E-state index is -0.632. The number of primary amides is 1. The third-order valence-electron chi connectivity index (χ3n) is 7.30. The molecule has 7 aromatic rings. The van der Waals surface area contributed by atoms with Crippen LogP contribution >= 0.6 is 94.1 Å². The molecular formula is C31H38N13NaO4S8. The Kier molecular flexibility index (Phi) is 23.5. The van der Waals surface area contributed by atoms with Crippen LogP contribution in [0.3, 0.4) is 0 Å². The summed E-state index contributed by atoms with van der Waals surface area (Å²) in [6.45, 7) is 0. The molecule has 0 spiro atoms. The second-order valence-electron chi connectivity index (χ2n) is 10.9. The van der Waals surface area contributed by atoms with E-state index in [1.165, 1.54) is 51.9 Å². The number of hydrogen-bond donors (Lipinski definition) is 10. The van der Waals surface area contributed by atoms with Gasteiger partial charge in [0.25, 0.3) is 5.91 Å². The van der Waals surface area contributed by atoms with Gasteiger partial charge in [-0.25, -0.2) is 9.97 Å². The number of aromatic nitrogens is 4. The molecule has 8 rings (SSSR count). The molecule has 1 saturated carbocycles. The first-order chi connectivity index (χ1) is 26.0. The van der Waals surface area contributed by atoms with Gasteiger partial charge in [-0.3, -0.25) is 15.3 Å². The Hall–Kier alpha value is -3.30. The molecule has 1 aliphatic rings. The van der Waals surface area contributed by atoms with Crippen LogP contribution in [0.25, 0.3) is 20.4 Å². The van der Waals surface area contributed by atoms with Crippen molar-refractivity contribution in [3.8, 4) is 6.07 Å². The summed E-state index contributed by atoms with van der Waals surface area (Å²) in [5.41, 5.74) is 36.7. The Bertz CT molecular complexity index is 2320. The fraction of sp³-hybridized carbons (Fsp3) is 0.194. The largest absolute Gasteiger partial charge is 1.00 e. The van der Waals surface area contributed by atoms with Crippen LogP contribution in [0, 0.1) is 11.3 Å². The third-order valence-corrected chi connectivity index (χ3v) is 13.0. The van der Waals surface area contributed by atoms with Gasteiger partial charge in [0.05, 0.1) is 42.9 Å². The van der Waals surface area contributed by atoms with Gasteiger partial charge in [-0.1, -0.05) is 25.1 Å². The van der Waals surface area contributed by atoms with Crippen molar-refractivity contribution < 1.29 is 50.3 Å². The molecule has 2 atom stereocenters. The van der Waals surface area contributed by atoms with E-state index >= 15 is 0 Å². The quantitative estimate of drug-likeness (QED) is 0.0491. The zero-order chi connectivity index (χ0) is 39.2. The fourth-order valence-electron chi connectivity index (χ4n) is 4.75. The third kappa shape index (κ3) is 14.5. The summed E-state index contributed by atoms with van der Waals surface area (Å²) in [5, 5.41) is 36.1. The van der Waals surface area contributed by atoms with Gasteiger partial charge in [0.15, 0.2) is 11.5 Å². The maximum atomic E-state index is 11.7. The SMILES string of the molecule is N#Cc1sccc1N.NC(=O)c1ncc(N[C@@H]2CCCC[C@@H]2N)nc1Nc1snc2ccsc12.NC(=S)c1sccc1N.Nc1snc2ccsc12.OO.S.[Na+].[OH-]. The maximum absolute atomic E-state index is 11.7. The van der Waals surface area contributed by atoms with Crippen molar-refractivity contribution in [1.82, 2.24) is 18.7 Å². The van der Waals surface area contributed by atoms with E-state index in [0.717, 1.165) is 61.0 Å². The molecule has 0 unspecified atom stereocenters. The summed E-state index contributed by atoms with van der Waals surface area (Å²) < 4.78 is 10.6. The van der Waals surface area contributed by atoms with E-state index in [1.54, 1.807) is 40.2 Å². The summed E-state index contributed by atoms with van der Waals surface area (Å²) in [5.74, 6) is 0.269. The topological polar surface area (TPSA) is 343 Å². The van der Waals surface area contributed by atoms with Gasteiger partial charge in [0, 0.05) is 12.1 Å². The molecule has 17 N–H and O–H groups in total. The number of fused-ring (bicyclic) bond motifs is 2. The number of nitrogens with one attached hydrogen (secondary N) is 2. The van der Waals surface area contributed by atoms with Crippen LogP contribution in [-0.2, 0) is 0 Å². The van der Waals surface area contributed by atoms with Gasteiger partial charge in [0.1, 0.15) is 31.8 Å². The molecule has 1 fully saturated rings. The minimum Gasteiger partial charge on any atom is -0.870 e. The number of carbonyl (C=O) groups is 1. The smallest absolute Gasteiger partial charge is 0.870 e. The van der Waals surface area contributed by atoms with Crippen LogP contribution in [0.5, 0.6) is 0 Å². The predicted octanol–water partition coefficient (Wildman–Crippen LogP) is 3.74. The number of anilines is 6. The molecule has 0 aromatic carbocycles. The average molecular weight is 936 g/mol. The Morgan fingerprint density at radius 3 is 2.02 bits per heavy atom. The van der Waals surface area contributed by atoms with Crippen molar-refractivity contribution >= 4 is 158 Å². The minimum absolute atomic E-state index is 0. The monoisotopic (exact) mass is 935 g/mol. The van der Waals surface area contributed by atoms with Crippen molar-refractivity contribution in [2.24, 2.45) is 17.2 Å². The van der Waals surface area contributed by atoms with Gasteiger partial charge in [-0.05, 0) is 81.7 Å². The van der Waals surface area contributed by atoms with Gasteiger partial charge in [-0.15, -0.1) is 45.3 Å². The van der Waals surface area contributed by atoms with E-state index < -0.39 is 5.91 Å². The van der Waals surface area contributed by atoms with Crippen molar-refractivity contribution in [2.75, 3.05) is 27.8 Å². The second kappa shape index (κ2) is 25.9. The summed E-state index contributed by atoms with van der Waals surface area (Å²) in [7, 11) is 0. The predicted molar refractivity (Wildman–Crippen MR) is 243 cm³/mol. The van der Waals surface area contributed by atoms with Crippen LogP contribution in [-0.4, -0.2) is 57.7 Å². The molecule has 7 heterocycles. The first-order valence-corrected chi connectivity index (χ1v) is 21.0. The van der Waals surface area contributed by atoms with E-state index in [2.05, 4.69) is 29.3 Å². The molecule has 0 aliphatic heterocycles. The van der Waals surface area contributed by atoms with E-state index in [0.29, 0.717) is 32.9 Å². The standard InChI is InChI=1S/C16H19N7OS2.C5H4N2S2.C5H6N2S2.C5H4N2S.Na.H2O2.H2O.H2S/c17-8-3-1-2-4-9(8)20-11-7-19-12(14(18)24)15(21-11)22-16-13-10(23-26-16)5-6-25-13;6-5-4-3(7-9-5)1-2-8-4;6-3-1-2-9-4(3)5(7)8;6-3-5-4(7)1-2-8-5;;1-2;;/h5-9H,1-4,17H2,(H2,18,24)(H2,20,21,22);1-2H,6H2;1-2H,6H2,(H2,7,8);1-2H,7H2;;1-2H;2*1H2/q;;;;+1;;;/p-1/t8-,9+;;;;;;;/m0......./s1. The first-order valence-electron chi connectivity index (χ1n) is 15.5. The summed E-state index contributed by atoms with van der Waals surface area (Å²) >= 11 is 13.4.